The lowest BCUT2D eigenvalue weighted by molar-refractivity contribution is 0.104. The van der Waals surface area contributed by atoms with E-state index < -0.39 is 0 Å². The smallest absolute Gasteiger partial charge is 0.186 e. The number of rotatable bonds is 6. The summed E-state index contributed by atoms with van der Waals surface area (Å²) in [5, 5.41) is 0. The van der Waals surface area contributed by atoms with E-state index in [4.69, 9.17) is 0 Å². The van der Waals surface area contributed by atoms with Gasteiger partial charge in [0.25, 0.3) is 0 Å². The lowest BCUT2D eigenvalue weighted by Crippen LogP contribution is -2.10. The Hall–Kier alpha value is -3.52. The van der Waals surface area contributed by atoms with Crippen LogP contribution in [0.5, 0.6) is 0 Å². The molecule has 0 saturated heterocycles. The van der Waals surface area contributed by atoms with Crippen LogP contribution in [0.4, 0.5) is 0 Å². The molecule has 0 spiro atoms. The van der Waals surface area contributed by atoms with E-state index in [-0.39, 0.29) is 11.6 Å². The van der Waals surface area contributed by atoms with Crippen molar-refractivity contribution in [3.63, 3.8) is 0 Å². The van der Waals surface area contributed by atoms with Crippen molar-refractivity contribution in [3.05, 3.63) is 118 Å². The van der Waals surface area contributed by atoms with Crippen LogP contribution in [-0.4, -0.2) is 11.6 Å². The van der Waals surface area contributed by atoms with Crippen molar-refractivity contribution in [1.82, 2.24) is 0 Å². The highest BCUT2D eigenvalue weighted by Crippen LogP contribution is 2.24. The molecule has 0 aliphatic carbocycles. The lowest BCUT2D eigenvalue weighted by Gasteiger charge is -2.14. The molecule has 0 unspecified atom stereocenters. The highest BCUT2D eigenvalue weighted by molar-refractivity contribution is 6.14. The van der Waals surface area contributed by atoms with E-state index in [1.54, 1.807) is 24.3 Å². The fourth-order valence-corrected chi connectivity index (χ4v) is 3.58. The van der Waals surface area contributed by atoms with E-state index >= 15 is 0 Å². The summed E-state index contributed by atoms with van der Waals surface area (Å²) in [5.41, 5.74) is 5.61. The summed E-state index contributed by atoms with van der Waals surface area (Å²) < 4.78 is 0. The van der Waals surface area contributed by atoms with E-state index in [0.717, 1.165) is 27.8 Å². The highest BCUT2D eigenvalue weighted by atomic mass is 16.1. The molecule has 0 fully saturated rings. The second-order valence-corrected chi connectivity index (χ2v) is 7.10. The zero-order valence-corrected chi connectivity index (χ0v) is 17.0. The van der Waals surface area contributed by atoms with Gasteiger partial charge in [-0.15, -0.1) is 0 Å². The molecule has 0 bridgehead atoms. The number of allylic oxidation sites excluding steroid dienone is 2. The maximum atomic E-state index is 12.9. The molecule has 144 valence electrons. The van der Waals surface area contributed by atoms with Crippen molar-refractivity contribution >= 4 is 23.7 Å². The predicted octanol–water partition coefficient (Wildman–Crippen LogP) is 6.40. The van der Waals surface area contributed by atoms with Crippen molar-refractivity contribution in [3.8, 4) is 0 Å². The number of aryl methyl sites for hydroxylation is 2. The maximum Gasteiger partial charge on any atom is 0.186 e. The lowest BCUT2D eigenvalue weighted by atomic mass is 9.89. The van der Waals surface area contributed by atoms with E-state index in [1.807, 2.05) is 87.5 Å². The number of ketones is 2. The summed E-state index contributed by atoms with van der Waals surface area (Å²) in [6.07, 6.45) is 6.76. The van der Waals surface area contributed by atoms with Gasteiger partial charge in [0, 0.05) is 11.1 Å². The fourth-order valence-electron chi connectivity index (χ4n) is 3.58. The molecule has 0 saturated carbocycles. The normalized spacial score (nSPS) is 11.3. The molecule has 2 heteroatoms. The third-order valence-corrected chi connectivity index (χ3v) is 4.92. The van der Waals surface area contributed by atoms with Crippen molar-refractivity contribution < 1.29 is 9.59 Å². The molecule has 2 nitrogen and oxygen atoms in total. The minimum Gasteiger partial charge on any atom is -0.289 e. The number of carbonyl (C=O) groups excluding carboxylic acids is 2. The van der Waals surface area contributed by atoms with Crippen molar-refractivity contribution in [2.24, 2.45) is 0 Å². The summed E-state index contributed by atoms with van der Waals surface area (Å²) in [6.45, 7) is 5.68. The largest absolute Gasteiger partial charge is 0.289 e. The number of carbonyl (C=O) groups is 2. The Balaban J connectivity index is 1.93. The summed E-state index contributed by atoms with van der Waals surface area (Å²) in [7, 11) is 0. The number of benzene rings is 3. The summed E-state index contributed by atoms with van der Waals surface area (Å²) in [6, 6.07) is 21.3. The van der Waals surface area contributed by atoms with Gasteiger partial charge >= 0.3 is 0 Å². The monoisotopic (exact) mass is 380 g/mol. The zero-order valence-electron chi connectivity index (χ0n) is 17.0. The van der Waals surface area contributed by atoms with E-state index in [0.29, 0.717) is 11.1 Å². The van der Waals surface area contributed by atoms with Gasteiger partial charge in [0.15, 0.2) is 11.6 Å². The predicted molar refractivity (Wildman–Crippen MR) is 120 cm³/mol. The third kappa shape index (κ3) is 4.85. The van der Waals surface area contributed by atoms with E-state index in [2.05, 4.69) is 0 Å². The van der Waals surface area contributed by atoms with Crippen LogP contribution in [0.1, 0.15) is 48.5 Å². The summed E-state index contributed by atoms with van der Waals surface area (Å²) >= 11 is 0. The second kappa shape index (κ2) is 9.11. The molecular formula is C27H24O2. The molecule has 0 aliphatic rings. The molecule has 0 atom stereocenters. The van der Waals surface area contributed by atoms with Crippen LogP contribution >= 0.6 is 0 Å². The van der Waals surface area contributed by atoms with Crippen LogP contribution in [-0.2, 0) is 0 Å². The average Bonchev–Trinajstić information content (AvgIpc) is 2.72. The van der Waals surface area contributed by atoms with Gasteiger partial charge in [-0.25, -0.2) is 0 Å². The van der Waals surface area contributed by atoms with Crippen molar-refractivity contribution in [2.45, 2.75) is 20.8 Å². The topological polar surface area (TPSA) is 34.1 Å². The van der Waals surface area contributed by atoms with Crippen LogP contribution in [0.3, 0.4) is 0 Å². The molecule has 0 radical (unpaired) electrons. The first kappa shape index (κ1) is 20.2. The van der Waals surface area contributed by atoms with Gasteiger partial charge in [-0.2, -0.15) is 0 Å². The van der Waals surface area contributed by atoms with Crippen LogP contribution < -0.4 is 0 Å². The van der Waals surface area contributed by atoms with Gasteiger partial charge in [-0.05, 0) is 60.7 Å². The Morgan fingerprint density at radius 3 is 1.38 bits per heavy atom. The molecule has 0 N–H and O–H groups in total. The summed E-state index contributed by atoms with van der Waals surface area (Å²) in [5.74, 6) is -0.185. The summed E-state index contributed by atoms with van der Waals surface area (Å²) in [4.78, 5) is 25.8. The molecule has 29 heavy (non-hydrogen) atoms. The van der Waals surface area contributed by atoms with E-state index in [9.17, 15) is 9.59 Å². The maximum absolute atomic E-state index is 12.9. The van der Waals surface area contributed by atoms with Gasteiger partial charge in [-0.3, -0.25) is 9.59 Å². The molecule has 0 heterocycles. The Bertz CT molecular complexity index is 1000. The minimum atomic E-state index is -0.0926. The fraction of sp³-hybridized carbons (Fsp3) is 0.111. The molecule has 0 aromatic heterocycles. The zero-order chi connectivity index (χ0) is 20.8. The highest BCUT2D eigenvalue weighted by Gasteiger charge is 2.18. The third-order valence-electron chi connectivity index (χ3n) is 4.92. The molecule has 3 rings (SSSR count). The van der Waals surface area contributed by atoms with Crippen molar-refractivity contribution in [1.29, 1.82) is 0 Å². The standard InChI is InChI=1S/C27H24O2/c1-19-18-20(2)27(25(29)17-15-23-12-8-5-9-13-23)21(3)26(19)24(28)16-14-22-10-6-4-7-11-22/h4-18H,1-3H3/b16-14+,17-15+. The van der Waals surface area contributed by atoms with E-state index in [1.165, 1.54) is 0 Å². The minimum absolute atomic E-state index is 0.0926. The van der Waals surface area contributed by atoms with Crippen LogP contribution in [0.15, 0.2) is 78.9 Å². The Kier molecular flexibility index (Phi) is 6.36. The van der Waals surface area contributed by atoms with Crippen LogP contribution in [0, 0.1) is 20.8 Å². The first-order valence-corrected chi connectivity index (χ1v) is 9.63. The number of hydrogen-bond donors (Lipinski definition) is 0. The molecule has 3 aromatic carbocycles. The first-order chi connectivity index (χ1) is 14.0. The SMILES string of the molecule is Cc1cc(C)c(C(=O)/C=C/c2ccccc2)c(C)c1C(=O)/C=C/c1ccccc1. The van der Waals surface area contributed by atoms with Gasteiger partial charge in [0.05, 0.1) is 0 Å². The van der Waals surface area contributed by atoms with Gasteiger partial charge < -0.3 is 0 Å². The van der Waals surface area contributed by atoms with Gasteiger partial charge in [-0.1, -0.05) is 78.9 Å². The van der Waals surface area contributed by atoms with Crippen molar-refractivity contribution in [2.75, 3.05) is 0 Å². The molecular weight excluding hydrogens is 356 g/mol. The van der Waals surface area contributed by atoms with Crippen LogP contribution in [0.25, 0.3) is 12.2 Å². The van der Waals surface area contributed by atoms with Crippen LogP contribution in [0.2, 0.25) is 0 Å². The molecule has 0 amide bonds. The van der Waals surface area contributed by atoms with Gasteiger partial charge in [0.1, 0.15) is 0 Å². The Labute approximate surface area is 172 Å². The Morgan fingerprint density at radius 1 is 0.621 bits per heavy atom. The quantitative estimate of drug-likeness (QED) is 0.366. The first-order valence-electron chi connectivity index (χ1n) is 9.63. The second-order valence-electron chi connectivity index (χ2n) is 7.10. The number of hydrogen-bond acceptors (Lipinski definition) is 2. The molecule has 0 aliphatic heterocycles. The van der Waals surface area contributed by atoms with Gasteiger partial charge in [0.2, 0.25) is 0 Å². The molecule has 3 aromatic rings. The Morgan fingerprint density at radius 2 is 1.00 bits per heavy atom. The average molecular weight is 380 g/mol.